The largest absolute Gasteiger partial charge is 0.457 e. The molecule has 0 saturated heterocycles. The van der Waals surface area contributed by atoms with Crippen molar-refractivity contribution in [2.75, 3.05) is 11.9 Å². The Balaban J connectivity index is 1.33. The van der Waals surface area contributed by atoms with E-state index in [9.17, 15) is 19.2 Å². The van der Waals surface area contributed by atoms with E-state index >= 15 is 0 Å². The Bertz CT molecular complexity index is 1740. The molecular weight excluding hydrogens is 492 g/mol. The van der Waals surface area contributed by atoms with Crippen LogP contribution in [-0.2, 0) is 0 Å². The Morgan fingerprint density at radius 1 is 0.513 bits per heavy atom. The van der Waals surface area contributed by atoms with Crippen LogP contribution >= 0.6 is 0 Å². The summed E-state index contributed by atoms with van der Waals surface area (Å²) in [5.74, 6) is -0.234. The highest BCUT2D eigenvalue weighted by atomic mass is 16.5. The van der Waals surface area contributed by atoms with Crippen LogP contribution in [0.25, 0.3) is 11.1 Å². The number of imide groups is 2. The van der Waals surface area contributed by atoms with Gasteiger partial charge in [0.1, 0.15) is 11.5 Å². The lowest BCUT2D eigenvalue weighted by atomic mass is 9.90. The van der Waals surface area contributed by atoms with Crippen LogP contribution in [0.2, 0.25) is 0 Å². The molecule has 0 fully saturated rings. The molecule has 0 atom stereocenters. The molecule has 2 aliphatic heterocycles. The first-order valence-electron chi connectivity index (χ1n) is 12.5. The van der Waals surface area contributed by atoms with Gasteiger partial charge < -0.3 is 4.74 Å². The molecular formula is C32H24N2O5. The van der Waals surface area contributed by atoms with Gasteiger partial charge in [0.25, 0.3) is 23.6 Å². The van der Waals surface area contributed by atoms with Crippen molar-refractivity contribution in [1.29, 1.82) is 0 Å². The lowest BCUT2D eigenvalue weighted by Gasteiger charge is -2.14. The minimum absolute atomic E-state index is 0.292. The van der Waals surface area contributed by atoms with Gasteiger partial charge in [0, 0.05) is 7.05 Å². The predicted molar refractivity (Wildman–Crippen MR) is 147 cm³/mol. The standard InChI is InChI=1S/C32H24N2O5/c1-17-5-9-21(10-6-17)39-22-11-7-20(8-12-22)34-31(37)26-14-19(3)24(16-28(26)32(34)38)23-15-27-25(13-18(23)2)29(35)33(4)30(27)36/h5-16H,1-4H3. The zero-order chi connectivity index (χ0) is 27.6. The smallest absolute Gasteiger partial charge is 0.266 e. The van der Waals surface area contributed by atoms with Crippen LogP contribution in [0.3, 0.4) is 0 Å². The molecule has 0 saturated carbocycles. The molecule has 2 aliphatic rings. The minimum Gasteiger partial charge on any atom is -0.457 e. The van der Waals surface area contributed by atoms with Crippen LogP contribution in [0.5, 0.6) is 11.5 Å². The van der Waals surface area contributed by atoms with E-state index in [4.69, 9.17) is 4.74 Å². The number of amides is 4. The van der Waals surface area contributed by atoms with Gasteiger partial charge in [0.2, 0.25) is 0 Å². The topological polar surface area (TPSA) is 84.0 Å². The highest BCUT2D eigenvalue weighted by Crippen LogP contribution is 2.37. The monoisotopic (exact) mass is 516 g/mol. The van der Waals surface area contributed by atoms with Gasteiger partial charge in [-0.2, -0.15) is 0 Å². The Morgan fingerprint density at radius 3 is 1.44 bits per heavy atom. The Labute approximate surface area is 225 Å². The summed E-state index contributed by atoms with van der Waals surface area (Å²) >= 11 is 0. The molecule has 0 bridgehead atoms. The van der Waals surface area contributed by atoms with Gasteiger partial charge in [-0.15, -0.1) is 0 Å². The fourth-order valence-electron chi connectivity index (χ4n) is 5.13. The second-order valence-electron chi connectivity index (χ2n) is 9.95. The zero-order valence-electron chi connectivity index (χ0n) is 21.9. The minimum atomic E-state index is -0.423. The van der Waals surface area contributed by atoms with Gasteiger partial charge in [0.05, 0.1) is 27.9 Å². The molecule has 7 nitrogen and oxygen atoms in total. The highest BCUT2D eigenvalue weighted by molar-refractivity contribution is 6.34. The number of rotatable bonds is 4. The van der Waals surface area contributed by atoms with Crippen molar-refractivity contribution in [3.8, 4) is 22.6 Å². The molecule has 0 spiro atoms. The van der Waals surface area contributed by atoms with Crippen molar-refractivity contribution in [2.24, 2.45) is 0 Å². The van der Waals surface area contributed by atoms with Gasteiger partial charge in [-0.1, -0.05) is 17.7 Å². The molecule has 4 amide bonds. The third-order valence-corrected chi connectivity index (χ3v) is 7.31. The molecule has 39 heavy (non-hydrogen) atoms. The maximum absolute atomic E-state index is 13.5. The van der Waals surface area contributed by atoms with E-state index in [1.165, 1.54) is 7.05 Å². The van der Waals surface area contributed by atoms with Crippen molar-refractivity contribution < 1.29 is 23.9 Å². The molecule has 6 rings (SSSR count). The second kappa shape index (κ2) is 8.77. The van der Waals surface area contributed by atoms with Crippen LogP contribution in [0, 0.1) is 20.8 Å². The summed E-state index contributed by atoms with van der Waals surface area (Å²) in [6.45, 7) is 5.72. The first kappa shape index (κ1) is 24.3. The summed E-state index contributed by atoms with van der Waals surface area (Å²) in [5, 5.41) is 0. The first-order chi connectivity index (χ1) is 18.6. The average molecular weight is 517 g/mol. The van der Waals surface area contributed by atoms with Gasteiger partial charge in [0.15, 0.2) is 0 Å². The third-order valence-electron chi connectivity index (χ3n) is 7.31. The van der Waals surface area contributed by atoms with E-state index in [1.54, 1.807) is 48.5 Å². The fourth-order valence-corrected chi connectivity index (χ4v) is 5.13. The van der Waals surface area contributed by atoms with E-state index in [0.29, 0.717) is 39.4 Å². The van der Waals surface area contributed by atoms with Gasteiger partial charge >= 0.3 is 0 Å². The summed E-state index contributed by atoms with van der Waals surface area (Å²) in [6, 6.07) is 21.3. The lowest BCUT2D eigenvalue weighted by molar-refractivity contribution is 0.0692. The Kier molecular flexibility index (Phi) is 5.47. The lowest BCUT2D eigenvalue weighted by Crippen LogP contribution is -2.29. The number of nitrogens with zero attached hydrogens (tertiary/aromatic N) is 2. The van der Waals surface area contributed by atoms with Gasteiger partial charge in [-0.3, -0.25) is 24.1 Å². The summed E-state index contributed by atoms with van der Waals surface area (Å²) in [4.78, 5) is 54.1. The normalized spacial score (nSPS) is 14.3. The van der Waals surface area contributed by atoms with Gasteiger partial charge in [-0.05, 0) is 104 Å². The zero-order valence-corrected chi connectivity index (χ0v) is 21.9. The van der Waals surface area contributed by atoms with E-state index in [2.05, 4.69) is 0 Å². The number of aryl methyl sites for hydroxylation is 3. The predicted octanol–water partition coefficient (Wildman–Crippen LogP) is 6.10. The van der Waals surface area contributed by atoms with Crippen molar-refractivity contribution in [3.05, 3.63) is 112 Å². The summed E-state index contributed by atoms with van der Waals surface area (Å²) in [7, 11) is 1.46. The number of carbonyl (C=O) groups excluding carboxylic acids is 4. The molecule has 4 aromatic carbocycles. The molecule has 0 unspecified atom stereocenters. The van der Waals surface area contributed by atoms with E-state index in [0.717, 1.165) is 37.6 Å². The van der Waals surface area contributed by atoms with E-state index < -0.39 is 11.8 Å². The molecule has 2 heterocycles. The second-order valence-corrected chi connectivity index (χ2v) is 9.95. The maximum Gasteiger partial charge on any atom is 0.266 e. The number of anilines is 1. The molecule has 0 aliphatic carbocycles. The number of benzene rings is 4. The van der Waals surface area contributed by atoms with Crippen molar-refractivity contribution in [2.45, 2.75) is 20.8 Å². The summed E-state index contributed by atoms with van der Waals surface area (Å²) in [5.41, 5.74) is 5.94. The first-order valence-corrected chi connectivity index (χ1v) is 12.5. The number of hydrogen-bond donors (Lipinski definition) is 0. The maximum atomic E-state index is 13.5. The van der Waals surface area contributed by atoms with Crippen LogP contribution < -0.4 is 9.64 Å². The summed E-state index contributed by atoms with van der Waals surface area (Å²) in [6.07, 6.45) is 0. The van der Waals surface area contributed by atoms with Crippen LogP contribution in [0.15, 0.2) is 72.8 Å². The molecule has 4 aromatic rings. The molecule has 192 valence electrons. The van der Waals surface area contributed by atoms with E-state index in [1.807, 2.05) is 45.0 Å². The molecule has 7 heteroatoms. The van der Waals surface area contributed by atoms with Crippen molar-refractivity contribution in [3.63, 3.8) is 0 Å². The van der Waals surface area contributed by atoms with Gasteiger partial charge in [-0.25, -0.2) is 4.90 Å². The highest BCUT2D eigenvalue weighted by Gasteiger charge is 2.38. The van der Waals surface area contributed by atoms with Crippen LogP contribution in [0.1, 0.15) is 58.1 Å². The van der Waals surface area contributed by atoms with Crippen molar-refractivity contribution in [1.82, 2.24) is 4.90 Å². The van der Waals surface area contributed by atoms with Crippen molar-refractivity contribution >= 4 is 29.3 Å². The number of hydrogen-bond acceptors (Lipinski definition) is 5. The van der Waals surface area contributed by atoms with Crippen LogP contribution in [0.4, 0.5) is 5.69 Å². The molecule has 0 N–H and O–H groups in total. The molecule has 0 radical (unpaired) electrons. The third kappa shape index (κ3) is 3.82. The summed E-state index contributed by atoms with van der Waals surface area (Å²) < 4.78 is 5.87. The Morgan fingerprint density at radius 2 is 0.923 bits per heavy atom. The quantitative estimate of drug-likeness (QED) is 0.306. The van der Waals surface area contributed by atoms with E-state index in [-0.39, 0.29) is 11.8 Å². The average Bonchev–Trinajstić information content (AvgIpc) is 3.28. The fraction of sp³-hybridized carbons (Fsp3) is 0.125. The molecule has 0 aromatic heterocycles. The SMILES string of the molecule is Cc1ccc(Oc2ccc(N3C(=O)c4cc(C)c(-c5cc6c(cc5C)C(=O)N(C)C6=O)cc4C3=O)cc2)cc1. The van der Waals surface area contributed by atoms with Crippen LogP contribution in [-0.4, -0.2) is 35.6 Å². The number of ether oxygens (including phenoxy) is 1. The number of fused-ring (bicyclic) bond motifs is 2. The Hall–Kier alpha value is -5.04. The number of carbonyl (C=O) groups is 4.